The molecule has 5 nitrogen and oxygen atoms in total. The van der Waals surface area contributed by atoms with Crippen LogP contribution in [0.25, 0.3) is 0 Å². The number of aryl methyl sites for hydroxylation is 1. The van der Waals surface area contributed by atoms with E-state index in [0.29, 0.717) is 5.91 Å². The van der Waals surface area contributed by atoms with Crippen LogP contribution in [0, 0.1) is 12.3 Å². The van der Waals surface area contributed by atoms with Gasteiger partial charge in [-0.2, -0.15) is 0 Å². The molecule has 1 amide bonds. The normalized spacial score (nSPS) is 24.7. The summed E-state index contributed by atoms with van der Waals surface area (Å²) in [5, 5.41) is 0. The standard InChI is InChI=1S/C18H27N3O2/c1-15-13-19-8-5-16(15)21-11-7-18(14-21)6-3-9-20(17(18)22)10-4-12-23-2/h5,8,13H,3-4,6-7,9-12,14H2,1-2H3/t18-/m1/s1. The fraction of sp³-hybridized carbons (Fsp3) is 0.667. The first-order valence-electron chi connectivity index (χ1n) is 8.60. The Labute approximate surface area is 138 Å². The third-order valence-electron chi connectivity index (χ3n) is 5.29. The van der Waals surface area contributed by atoms with Gasteiger partial charge >= 0.3 is 0 Å². The van der Waals surface area contributed by atoms with E-state index in [9.17, 15) is 4.79 Å². The van der Waals surface area contributed by atoms with Crippen molar-refractivity contribution in [1.29, 1.82) is 0 Å². The number of ether oxygens (including phenoxy) is 1. The van der Waals surface area contributed by atoms with Gasteiger partial charge in [-0.25, -0.2) is 0 Å². The van der Waals surface area contributed by atoms with Gasteiger partial charge in [0.25, 0.3) is 0 Å². The highest BCUT2D eigenvalue weighted by Gasteiger charge is 2.48. The van der Waals surface area contributed by atoms with E-state index in [-0.39, 0.29) is 5.41 Å². The minimum Gasteiger partial charge on any atom is -0.385 e. The molecule has 0 saturated carbocycles. The van der Waals surface area contributed by atoms with Gasteiger partial charge < -0.3 is 14.5 Å². The van der Waals surface area contributed by atoms with Crippen LogP contribution in [0.2, 0.25) is 0 Å². The zero-order chi connectivity index (χ0) is 16.3. The van der Waals surface area contributed by atoms with Gasteiger partial charge in [-0.05, 0) is 44.2 Å². The number of piperidine rings is 1. The summed E-state index contributed by atoms with van der Waals surface area (Å²) in [5.41, 5.74) is 2.23. The van der Waals surface area contributed by atoms with E-state index >= 15 is 0 Å². The van der Waals surface area contributed by atoms with Crippen LogP contribution in [0.15, 0.2) is 18.5 Å². The maximum Gasteiger partial charge on any atom is 0.230 e. The highest BCUT2D eigenvalue weighted by atomic mass is 16.5. The maximum atomic E-state index is 13.1. The second-order valence-electron chi connectivity index (χ2n) is 6.86. The van der Waals surface area contributed by atoms with Crippen molar-refractivity contribution in [2.45, 2.75) is 32.6 Å². The fourth-order valence-electron chi connectivity index (χ4n) is 4.04. The number of hydrogen-bond acceptors (Lipinski definition) is 4. The number of amides is 1. The number of rotatable bonds is 5. The molecule has 0 bridgehead atoms. The fourth-order valence-corrected chi connectivity index (χ4v) is 4.04. The molecule has 1 aromatic heterocycles. The molecule has 1 atom stereocenters. The lowest BCUT2D eigenvalue weighted by atomic mass is 9.78. The van der Waals surface area contributed by atoms with Crippen LogP contribution < -0.4 is 4.90 Å². The monoisotopic (exact) mass is 317 g/mol. The van der Waals surface area contributed by atoms with Crippen LogP contribution in [-0.2, 0) is 9.53 Å². The third-order valence-corrected chi connectivity index (χ3v) is 5.29. The second kappa shape index (κ2) is 6.87. The smallest absolute Gasteiger partial charge is 0.230 e. The van der Waals surface area contributed by atoms with Gasteiger partial charge in [0.1, 0.15) is 0 Å². The molecule has 0 N–H and O–H groups in total. The Hall–Kier alpha value is -1.62. The Morgan fingerprint density at radius 2 is 2.22 bits per heavy atom. The van der Waals surface area contributed by atoms with Crippen LogP contribution in [0.5, 0.6) is 0 Å². The molecule has 1 aromatic rings. The number of methoxy groups -OCH3 is 1. The van der Waals surface area contributed by atoms with Crippen LogP contribution >= 0.6 is 0 Å². The number of likely N-dealkylation sites (tertiary alicyclic amines) is 1. The van der Waals surface area contributed by atoms with E-state index in [0.717, 1.165) is 58.5 Å². The average Bonchev–Trinajstić information content (AvgIpc) is 2.97. The molecule has 1 spiro atoms. The molecule has 0 unspecified atom stereocenters. The summed E-state index contributed by atoms with van der Waals surface area (Å²) in [5.74, 6) is 0.356. The zero-order valence-electron chi connectivity index (χ0n) is 14.3. The second-order valence-corrected chi connectivity index (χ2v) is 6.86. The number of carbonyl (C=O) groups is 1. The van der Waals surface area contributed by atoms with Crippen molar-refractivity contribution in [3.63, 3.8) is 0 Å². The number of aromatic nitrogens is 1. The Morgan fingerprint density at radius 1 is 1.35 bits per heavy atom. The summed E-state index contributed by atoms with van der Waals surface area (Å²) in [7, 11) is 1.71. The Morgan fingerprint density at radius 3 is 3.00 bits per heavy atom. The summed E-state index contributed by atoms with van der Waals surface area (Å²) < 4.78 is 5.12. The number of carbonyl (C=O) groups excluding carboxylic acids is 1. The SMILES string of the molecule is COCCCN1CCC[C@]2(CCN(c3ccncc3C)C2)C1=O. The first-order chi connectivity index (χ1) is 11.2. The summed E-state index contributed by atoms with van der Waals surface area (Å²) in [4.78, 5) is 21.7. The molecule has 2 aliphatic rings. The van der Waals surface area contributed by atoms with Gasteiger partial charge in [0.2, 0.25) is 5.91 Å². The predicted molar refractivity (Wildman–Crippen MR) is 90.5 cm³/mol. The summed E-state index contributed by atoms with van der Waals surface area (Å²) >= 11 is 0. The molecule has 0 aromatic carbocycles. The van der Waals surface area contributed by atoms with Gasteiger partial charge in [-0.3, -0.25) is 9.78 Å². The topological polar surface area (TPSA) is 45.7 Å². The lowest BCUT2D eigenvalue weighted by molar-refractivity contribution is -0.145. The number of anilines is 1. The Kier molecular flexibility index (Phi) is 4.85. The quantitative estimate of drug-likeness (QED) is 0.782. The first-order valence-corrected chi connectivity index (χ1v) is 8.60. The zero-order valence-corrected chi connectivity index (χ0v) is 14.3. The van der Waals surface area contributed by atoms with Crippen LogP contribution in [-0.4, -0.2) is 55.7 Å². The number of nitrogens with zero attached hydrogens (tertiary/aromatic N) is 3. The van der Waals surface area contributed by atoms with E-state index in [2.05, 4.69) is 27.8 Å². The lowest BCUT2D eigenvalue weighted by Gasteiger charge is -2.39. The minimum atomic E-state index is -0.180. The van der Waals surface area contributed by atoms with Crippen LogP contribution in [0.3, 0.4) is 0 Å². The summed E-state index contributed by atoms with van der Waals surface area (Å²) in [6.45, 7) is 6.34. The van der Waals surface area contributed by atoms with E-state index in [1.54, 1.807) is 7.11 Å². The molecule has 5 heteroatoms. The molecule has 3 rings (SSSR count). The van der Waals surface area contributed by atoms with E-state index in [4.69, 9.17) is 4.74 Å². The van der Waals surface area contributed by atoms with Crippen LogP contribution in [0.1, 0.15) is 31.2 Å². The largest absolute Gasteiger partial charge is 0.385 e. The third kappa shape index (κ3) is 3.20. The minimum absolute atomic E-state index is 0.180. The molecule has 2 aliphatic heterocycles. The van der Waals surface area contributed by atoms with E-state index in [1.165, 1.54) is 11.3 Å². The van der Waals surface area contributed by atoms with Crippen molar-refractivity contribution >= 4 is 11.6 Å². The van der Waals surface area contributed by atoms with E-state index in [1.807, 2.05) is 12.4 Å². The molecule has 0 aliphatic carbocycles. The highest BCUT2D eigenvalue weighted by Crippen LogP contribution is 2.42. The van der Waals surface area contributed by atoms with Gasteiger partial charge in [0, 0.05) is 58.0 Å². The number of pyridine rings is 1. The van der Waals surface area contributed by atoms with Gasteiger partial charge in [0.05, 0.1) is 5.41 Å². The van der Waals surface area contributed by atoms with Gasteiger partial charge in [-0.15, -0.1) is 0 Å². The average molecular weight is 317 g/mol. The Balaban J connectivity index is 1.70. The predicted octanol–water partition coefficient (Wildman–Crippen LogP) is 2.25. The lowest BCUT2D eigenvalue weighted by Crippen LogP contribution is -2.50. The first kappa shape index (κ1) is 16.2. The van der Waals surface area contributed by atoms with Crippen LogP contribution in [0.4, 0.5) is 5.69 Å². The van der Waals surface area contributed by atoms with Crippen molar-refractivity contribution in [3.8, 4) is 0 Å². The van der Waals surface area contributed by atoms with Crippen molar-refractivity contribution in [2.24, 2.45) is 5.41 Å². The van der Waals surface area contributed by atoms with Crippen molar-refractivity contribution in [2.75, 3.05) is 44.8 Å². The summed E-state index contributed by atoms with van der Waals surface area (Å²) in [6.07, 6.45) is 7.77. The van der Waals surface area contributed by atoms with Crippen molar-refractivity contribution in [1.82, 2.24) is 9.88 Å². The van der Waals surface area contributed by atoms with Crippen molar-refractivity contribution in [3.05, 3.63) is 24.0 Å². The number of hydrogen-bond donors (Lipinski definition) is 0. The van der Waals surface area contributed by atoms with Gasteiger partial charge in [0.15, 0.2) is 0 Å². The van der Waals surface area contributed by atoms with Crippen molar-refractivity contribution < 1.29 is 9.53 Å². The van der Waals surface area contributed by atoms with E-state index < -0.39 is 0 Å². The molecular formula is C18H27N3O2. The molecule has 3 heterocycles. The summed E-state index contributed by atoms with van der Waals surface area (Å²) in [6, 6.07) is 2.07. The molecule has 126 valence electrons. The molecule has 23 heavy (non-hydrogen) atoms. The molecule has 2 fully saturated rings. The van der Waals surface area contributed by atoms with Gasteiger partial charge in [-0.1, -0.05) is 0 Å². The highest BCUT2D eigenvalue weighted by molar-refractivity contribution is 5.85. The maximum absolute atomic E-state index is 13.1. The molecule has 2 saturated heterocycles. The molecular weight excluding hydrogens is 290 g/mol. The molecule has 0 radical (unpaired) electrons. The Bertz CT molecular complexity index is 563.